The predicted octanol–water partition coefficient (Wildman–Crippen LogP) is 3.21. The zero-order valence-electron chi connectivity index (χ0n) is 9.69. The molecule has 0 bridgehead atoms. The standard InChI is InChI=1S/C15H11N3/c1-6-16-7-2-12(1)14-5-10-18-11-15(14)13-3-8-17-9-4-13/h1-11H. The van der Waals surface area contributed by atoms with E-state index in [1.807, 2.05) is 36.5 Å². The molecule has 3 aromatic rings. The largest absolute Gasteiger partial charge is 0.265 e. The number of rotatable bonds is 2. The fourth-order valence-electron chi connectivity index (χ4n) is 1.94. The van der Waals surface area contributed by atoms with Crippen LogP contribution in [0, 0.1) is 0 Å². The van der Waals surface area contributed by atoms with Crippen molar-refractivity contribution in [2.45, 2.75) is 0 Å². The Balaban J connectivity index is 2.18. The SMILES string of the molecule is c1cc(-c2ccncc2-c2ccncc2)ccn1. The lowest BCUT2D eigenvalue weighted by Crippen LogP contribution is -1.87. The van der Waals surface area contributed by atoms with Gasteiger partial charge in [-0.25, -0.2) is 0 Å². The van der Waals surface area contributed by atoms with Crippen LogP contribution in [0.15, 0.2) is 67.5 Å². The summed E-state index contributed by atoms with van der Waals surface area (Å²) in [4.78, 5) is 12.3. The van der Waals surface area contributed by atoms with E-state index in [1.165, 1.54) is 0 Å². The van der Waals surface area contributed by atoms with Crippen LogP contribution in [0.4, 0.5) is 0 Å². The van der Waals surface area contributed by atoms with Crippen molar-refractivity contribution in [1.29, 1.82) is 0 Å². The summed E-state index contributed by atoms with van der Waals surface area (Å²) in [7, 11) is 0. The summed E-state index contributed by atoms with van der Waals surface area (Å²) in [6, 6.07) is 9.99. The summed E-state index contributed by atoms with van der Waals surface area (Å²) < 4.78 is 0. The Labute approximate surface area is 105 Å². The Morgan fingerprint density at radius 3 is 1.61 bits per heavy atom. The van der Waals surface area contributed by atoms with Crippen molar-refractivity contribution >= 4 is 0 Å². The molecule has 18 heavy (non-hydrogen) atoms. The molecule has 0 aliphatic carbocycles. The van der Waals surface area contributed by atoms with Crippen LogP contribution in [0.25, 0.3) is 22.3 Å². The van der Waals surface area contributed by atoms with Gasteiger partial charge in [0.25, 0.3) is 0 Å². The zero-order chi connectivity index (χ0) is 12.2. The maximum Gasteiger partial charge on any atom is 0.0352 e. The first-order chi connectivity index (χ1) is 8.95. The molecule has 0 radical (unpaired) electrons. The summed E-state index contributed by atoms with van der Waals surface area (Å²) >= 11 is 0. The molecule has 3 nitrogen and oxygen atoms in total. The van der Waals surface area contributed by atoms with Crippen molar-refractivity contribution in [2.24, 2.45) is 0 Å². The maximum absolute atomic E-state index is 4.21. The van der Waals surface area contributed by atoms with Crippen molar-refractivity contribution in [3.63, 3.8) is 0 Å². The molecule has 0 fully saturated rings. The van der Waals surface area contributed by atoms with Crippen LogP contribution in [0.3, 0.4) is 0 Å². The second-order valence-electron chi connectivity index (χ2n) is 3.89. The minimum Gasteiger partial charge on any atom is -0.265 e. The molecule has 0 N–H and O–H groups in total. The van der Waals surface area contributed by atoms with Crippen molar-refractivity contribution in [2.75, 3.05) is 0 Å². The third-order valence-corrected chi connectivity index (χ3v) is 2.80. The van der Waals surface area contributed by atoms with E-state index in [0.717, 1.165) is 22.3 Å². The lowest BCUT2D eigenvalue weighted by atomic mass is 9.98. The van der Waals surface area contributed by atoms with Crippen LogP contribution in [0.5, 0.6) is 0 Å². The van der Waals surface area contributed by atoms with Gasteiger partial charge in [0.05, 0.1) is 0 Å². The van der Waals surface area contributed by atoms with E-state index in [2.05, 4.69) is 15.0 Å². The first kappa shape index (κ1) is 10.6. The highest BCUT2D eigenvalue weighted by atomic mass is 14.6. The van der Waals surface area contributed by atoms with Crippen molar-refractivity contribution < 1.29 is 0 Å². The molecule has 0 amide bonds. The van der Waals surface area contributed by atoms with Crippen molar-refractivity contribution in [1.82, 2.24) is 15.0 Å². The van der Waals surface area contributed by atoms with Crippen LogP contribution >= 0.6 is 0 Å². The molecule has 0 aromatic carbocycles. The number of pyridine rings is 3. The molecule has 3 heteroatoms. The van der Waals surface area contributed by atoms with Crippen LogP contribution in [-0.4, -0.2) is 15.0 Å². The minimum absolute atomic E-state index is 1.10. The molecular weight excluding hydrogens is 222 g/mol. The molecule has 0 saturated heterocycles. The molecular formula is C15H11N3. The number of aromatic nitrogens is 3. The van der Waals surface area contributed by atoms with Gasteiger partial charge in [-0.3, -0.25) is 15.0 Å². The summed E-state index contributed by atoms with van der Waals surface area (Å²) in [5.41, 5.74) is 4.51. The molecule has 86 valence electrons. The van der Waals surface area contributed by atoms with Crippen LogP contribution < -0.4 is 0 Å². The monoisotopic (exact) mass is 233 g/mol. The minimum atomic E-state index is 1.10. The highest BCUT2D eigenvalue weighted by Gasteiger charge is 2.06. The van der Waals surface area contributed by atoms with Gasteiger partial charge in [0.1, 0.15) is 0 Å². The average Bonchev–Trinajstić information content (AvgIpc) is 2.49. The average molecular weight is 233 g/mol. The van der Waals surface area contributed by atoms with Crippen LogP contribution in [-0.2, 0) is 0 Å². The number of nitrogens with zero attached hydrogens (tertiary/aromatic N) is 3. The second kappa shape index (κ2) is 4.75. The first-order valence-corrected chi connectivity index (χ1v) is 5.70. The summed E-state index contributed by atoms with van der Waals surface area (Å²) in [5.74, 6) is 0. The molecule has 0 aliphatic heterocycles. The Bertz CT molecular complexity index is 578. The fraction of sp³-hybridized carbons (Fsp3) is 0. The van der Waals surface area contributed by atoms with Gasteiger partial charge in [-0.15, -0.1) is 0 Å². The van der Waals surface area contributed by atoms with Crippen molar-refractivity contribution in [3.05, 3.63) is 67.5 Å². The second-order valence-corrected chi connectivity index (χ2v) is 3.89. The zero-order valence-corrected chi connectivity index (χ0v) is 9.69. The van der Waals surface area contributed by atoms with Gasteiger partial charge < -0.3 is 0 Å². The van der Waals surface area contributed by atoms with E-state index >= 15 is 0 Å². The molecule has 3 heterocycles. The molecule has 0 unspecified atom stereocenters. The van der Waals surface area contributed by atoms with Gasteiger partial charge in [0, 0.05) is 42.7 Å². The Hall–Kier alpha value is -2.55. The molecule has 0 aliphatic rings. The topological polar surface area (TPSA) is 38.7 Å². The molecule has 0 saturated carbocycles. The summed E-state index contributed by atoms with van der Waals surface area (Å²) in [5, 5.41) is 0. The lowest BCUT2D eigenvalue weighted by molar-refractivity contribution is 1.29. The molecule has 0 spiro atoms. The van der Waals surface area contributed by atoms with Gasteiger partial charge in [0.2, 0.25) is 0 Å². The highest BCUT2D eigenvalue weighted by Crippen LogP contribution is 2.30. The van der Waals surface area contributed by atoms with E-state index < -0.39 is 0 Å². The Morgan fingerprint density at radius 2 is 1.00 bits per heavy atom. The predicted molar refractivity (Wildman–Crippen MR) is 70.7 cm³/mol. The summed E-state index contributed by atoms with van der Waals surface area (Å²) in [6.45, 7) is 0. The smallest absolute Gasteiger partial charge is 0.0352 e. The van der Waals surface area contributed by atoms with Gasteiger partial charge >= 0.3 is 0 Å². The lowest BCUT2D eigenvalue weighted by Gasteiger charge is -2.08. The van der Waals surface area contributed by atoms with Gasteiger partial charge in [0.15, 0.2) is 0 Å². The van der Waals surface area contributed by atoms with Crippen LogP contribution in [0.2, 0.25) is 0 Å². The van der Waals surface area contributed by atoms with Gasteiger partial charge in [-0.05, 0) is 47.0 Å². The highest BCUT2D eigenvalue weighted by molar-refractivity contribution is 5.82. The van der Waals surface area contributed by atoms with Crippen LogP contribution in [0.1, 0.15) is 0 Å². The number of hydrogen-bond donors (Lipinski definition) is 0. The third-order valence-electron chi connectivity index (χ3n) is 2.80. The third kappa shape index (κ3) is 1.98. The quantitative estimate of drug-likeness (QED) is 0.682. The van der Waals surface area contributed by atoms with Gasteiger partial charge in [-0.2, -0.15) is 0 Å². The Morgan fingerprint density at radius 1 is 0.500 bits per heavy atom. The van der Waals surface area contributed by atoms with E-state index in [0.29, 0.717) is 0 Å². The van der Waals surface area contributed by atoms with E-state index in [-0.39, 0.29) is 0 Å². The first-order valence-electron chi connectivity index (χ1n) is 5.70. The van der Waals surface area contributed by atoms with E-state index in [4.69, 9.17) is 0 Å². The normalized spacial score (nSPS) is 10.2. The maximum atomic E-state index is 4.21. The summed E-state index contributed by atoms with van der Waals surface area (Å²) in [6.07, 6.45) is 10.9. The Kier molecular flexibility index (Phi) is 2.80. The van der Waals surface area contributed by atoms with E-state index in [9.17, 15) is 0 Å². The number of hydrogen-bond acceptors (Lipinski definition) is 3. The molecule has 0 atom stereocenters. The fourth-order valence-corrected chi connectivity index (χ4v) is 1.94. The molecule has 3 rings (SSSR count). The van der Waals surface area contributed by atoms with Gasteiger partial charge in [-0.1, -0.05) is 0 Å². The van der Waals surface area contributed by atoms with Crippen molar-refractivity contribution in [3.8, 4) is 22.3 Å². The molecule has 3 aromatic heterocycles. The van der Waals surface area contributed by atoms with E-state index in [1.54, 1.807) is 31.0 Å².